The highest BCUT2D eigenvalue weighted by molar-refractivity contribution is 6.62. The average Bonchev–Trinajstić information content (AvgIpc) is 2.68. The summed E-state index contributed by atoms with van der Waals surface area (Å²) in [7, 11) is -0.374. The molecule has 1 aliphatic heterocycles. The molecule has 0 radical (unpaired) electrons. The number of pyridine rings is 1. The fourth-order valence-corrected chi connectivity index (χ4v) is 2.61. The van der Waals surface area contributed by atoms with Gasteiger partial charge in [0.15, 0.2) is 0 Å². The molecule has 0 aliphatic carbocycles. The van der Waals surface area contributed by atoms with Crippen molar-refractivity contribution >= 4 is 12.6 Å². The topological polar surface area (TPSA) is 31.4 Å². The zero-order chi connectivity index (χ0) is 16.0. The first-order valence-corrected chi connectivity index (χ1v) is 7.67. The summed E-state index contributed by atoms with van der Waals surface area (Å²) in [6.07, 6.45) is 3.71. The molecule has 0 atom stereocenters. The Hall–Kier alpha value is -1.65. The maximum absolute atomic E-state index is 6.11. The molecule has 2 aromatic rings. The highest BCUT2D eigenvalue weighted by Crippen LogP contribution is 2.36. The van der Waals surface area contributed by atoms with Crippen molar-refractivity contribution in [2.75, 3.05) is 0 Å². The van der Waals surface area contributed by atoms with Crippen LogP contribution in [0.2, 0.25) is 0 Å². The minimum atomic E-state index is -0.374. The number of nitrogens with zero attached hydrogens (tertiary/aromatic N) is 1. The molecule has 22 heavy (non-hydrogen) atoms. The lowest BCUT2D eigenvalue weighted by Crippen LogP contribution is -2.41. The van der Waals surface area contributed by atoms with Gasteiger partial charge in [0.05, 0.1) is 11.2 Å². The lowest BCUT2D eigenvalue weighted by atomic mass is 9.79. The van der Waals surface area contributed by atoms with E-state index < -0.39 is 0 Å². The molecule has 0 bridgehead atoms. The normalized spacial score (nSPS) is 19.4. The molecule has 114 valence electrons. The van der Waals surface area contributed by atoms with E-state index in [0.717, 1.165) is 11.0 Å². The quantitative estimate of drug-likeness (QED) is 0.796. The standard InChI is InChI=1S/C18H22BNO2/c1-13-8-6-7-9-16(13)14-10-15(12-20-11-14)19-21-17(2,3)18(4,5)22-19/h6-12H,1-5H3. The predicted octanol–water partition coefficient (Wildman–Crippen LogP) is 3.36. The first kappa shape index (κ1) is 15.3. The van der Waals surface area contributed by atoms with Crippen molar-refractivity contribution in [3.63, 3.8) is 0 Å². The van der Waals surface area contributed by atoms with Gasteiger partial charge in [-0.25, -0.2) is 0 Å². The lowest BCUT2D eigenvalue weighted by Gasteiger charge is -2.32. The molecule has 3 nitrogen and oxygen atoms in total. The predicted molar refractivity (Wildman–Crippen MR) is 90.1 cm³/mol. The number of hydrogen-bond acceptors (Lipinski definition) is 3. The minimum absolute atomic E-state index is 0.337. The van der Waals surface area contributed by atoms with E-state index in [2.05, 4.69) is 57.8 Å². The molecule has 0 saturated carbocycles. The molecule has 0 unspecified atom stereocenters. The van der Waals surface area contributed by atoms with Crippen LogP contribution < -0.4 is 5.46 Å². The van der Waals surface area contributed by atoms with E-state index in [1.54, 1.807) is 0 Å². The van der Waals surface area contributed by atoms with Gasteiger partial charge in [0.2, 0.25) is 0 Å². The monoisotopic (exact) mass is 295 g/mol. The van der Waals surface area contributed by atoms with Gasteiger partial charge in [0.1, 0.15) is 0 Å². The van der Waals surface area contributed by atoms with E-state index in [1.807, 2.05) is 24.5 Å². The van der Waals surface area contributed by atoms with Crippen molar-refractivity contribution in [3.05, 3.63) is 48.3 Å². The van der Waals surface area contributed by atoms with Crippen LogP contribution in [0.1, 0.15) is 33.3 Å². The van der Waals surface area contributed by atoms with Gasteiger partial charge in [0, 0.05) is 17.9 Å². The van der Waals surface area contributed by atoms with Crippen LogP contribution in [0, 0.1) is 6.92 Å². The second-order valence-electron chi connectivity index (χ2n) is 6.91. The number of benzene rings is 1. The average molecular weight is 295 g/mol. The van der Waals surface area contributed by atoms with Crippen LogP contribution in [0.4, 0.5) is 0 Å². The van der Waals surface area contributed by atoms with Crippen LogP contribution in [0.25, 0.3) is 11.1 Å². The van der Waals surface area contributed by atoms with Gasteiger partial charge in [-0.3, -0.25) is 4.98 Å². The number of rotatable bonds is 2. The van der Waals surface area contributed by atoms with Crippen LogP contribution in [-0.2, 0) is 9.31 Å². The van der Waals surface area contributed by atoms with E-state index in [0.29, 0.717) is 0 Å². The van der Waals surface area contributed by atoms with Crippen molar-refractivity contribution in [1.29, 1.82) is 0 Å². The third kappa shape index (κ3) is 2.57. The third-order valence-corrected chi connectivity index (χ3v) is 4.74. The van der Waals surface area contributed by atoms with Gasteiger partial charge in [0.25, 0.3) is 0 Å². The molecule has 1 saturated heterocycles. The molecule has 3 rings (SSSR count). The van der Waals surface area contributed by atoms with Gasteiger partial charge in [-0.1, -0.05) is 30.3 Å². The van der Waals surface area contributed by atoms with Crippen LogP contribution in [0.3, 0.4) is 0 Å². The lowest BCUT2D eigenvalue weighted by molar-refractivity contribution is 0.00578. The van der Waals surface area contributed by atoms with Gasteiger partial charge in [-0.15, -0.1) is 0 Å². The Morgan fingerprint density at radius 3 is 2.23 bits per heavy atom. The molecule has 1 aromatic heterocycles. The van der Waals surface area contributed by atoms with E-state index in [4.69, 9.17) is 9.31 Å². The zero-order valence-corrected chi connectivity index (χ0v) is 13.9. The molecule has 0 N–H and O–H groups in total. The summed E-state index contributed by atoms with van der Waals surface area (Å²) in [4.78, 5) is 4.38. The molecule has 1 aliphatic rings. The fourth-order valence-electron chi connectivity index (χ4n) is 2.61. The van der Waals surface area contributed by atoms with Gasteiger partial charge < -0.3 is 9.31 Å². The maximum atomic E-state index is 6.11. The molecule has 0 spiro atoms. The zero-order valence-electron chi connectivity index (χ0n) is 13.9. The summed E-state index contributed by atoms with van der Waals surface area (Å²) in [6, 6.07) is 10.4. The summed E-state index contributed by atoms with van der Waals surface area (Å²) < 4.78 is 12.2. The van der Waals surface area contributed by atoms with Crippen LogP contribution in [-0.4, -0.2) is 23.3 Å². The third-order valence-electron chi connectivity index (χ3n) is 4.74. The SMILES string of the molecule is Cc1ccccc1-c1cncc(B2OC(C)(C)C(C)(C)O2)c1. The Morgan fingerprint density at radius 1 is 0.955 bits per heavy atom. The molecular weight excluding hydrogens is 273 g/mol. The van der Waals surface area contributed by atoms with Crippen molar-refractivity contribution in [2.45, 2.75) is 45.8 Å². The number of hydrogen-bond donors (Lipinski definition) is 0. The van der Waals surface area contributed by atoms with Crippen molar-refractivity contribution in [1.82, 2.24) is 4.98 Å². The summed E-state index contributed by atoms with van der Waals surface area (Å²) in [5.41, 5.74) is 3.79. The summed E-state index contributed by atoms with van der Waals surface area (Å²) in [5, 5.41) is 0. The second-order valence-corrected chi connectivity index (χ2v) is 6.91. The first-order valence-electron chi connectivity index (χ1n) is 7.67. The molecule has 4 heteroatoms. The van der Waals surface area contributed by atoms with Gasteiger partial charge in [-0.2, -0.15) is 0 Å². The van der Waals surface area contributed by atoms with Crippen molar-refractivity contribution in [2.24, 2.45) is 0 Å². The molecule has 0 amide bonds. The summed E-state index contributed by atoms with van der Waals surface area (Å²) in [5.74, 6) is 0. The highest BCUT2D eigenvalue weighted by Gasteiger charge is 2.51. The van der Waals surface area contributed by atoms with Crippen LogP contribution in [0.15, 0.2) is 42.7 Å². The number of aryl methyl sites for hydroxylation is 1. The maximum Gasteiger partial charge on any atom is 0.496 e. The minimum Gasteiger partial charge on any atom is -0.399 e. The molecule has 1 aromatic carbocycles. The van der Waals surface area contributed by atoms with Crippen LogP contribution in [0.5, 0.6) is 0 Å². The fraction of sp³-hybridized carbons (Fsp3) is 0.389. The van der Waals surface area contributed by atoms with Crippen molar-refractivity contribution in [3.8, 4) is 11.1 Å². The molecule has 2 heterocycles. The summed E-state index contributed by atoms with van der Waals surface area (Å²) >= 11 is 0. The first-order chi connectivity index (χ1) is 10.3. The van der Waals surface area contributed by atoms with E-state index >= 15 is 0 Å². The Balaban J connectivity index is 1.95. The Labute approximate surface area is 132 Å². The van der Waals surface area contributed by atoms with E-state index in [1.165, 1.54) is 11.1 Å². The van der Waals surface area contributed by atoms with E-state index in [-0.39, 0.29) is 18.3 Å². The number of aromatic nitrogens is 1. The Kier molecular flexibility index (Phi) is 3.62. The van der Waals surface area contributed by atoms with Gasteiger partial charge in [-0.05, 0) is 51.3 Å². The molecule has 1 fully saturated rings. The largest absolute Gasteiger partial charge is 0.496 e. The Morgan fingerprint density at radius 2 is 1.59 bits per heavy atom. The van der Waals surface area contributed by atoms with Gasteiger partial charge >= 0.3 is 7.12 Å². The van der Waals surface area contributed by atoms with Crippen molar-refractivity contribution < 1.29 is 9.31 Å². The van der Waals surface area contributed by atoms with E-state index in [9.17, 15) is 0 Å². The highest BCUT2D eigenvalue weighted by atomic mass is 16.7. The summed E-state index contributed by atoms with van der Waals surface area (Å²) in [6.45, 7) is 10.4. The smallest absolute Gasteiger partial charge is 0.399 e. The second kappa shape index (κ2) is 5.22. The van der Waals surface area contributed by atoms with Crippen LogP contribution >= 0.6 is 0 Å². The molecular formula is C18H22BNO2. The Bertz CT molecular complexity index is 681.